The Labute approximate surface area is 122 Å². The quantitative estimate of drug-likeness (QED) is 0.724. The predicted molar refractivity (Wildman–Crippen MR) is 85.0 cm³/mol. The molecule has 2 aromatic carbocycles. The highest BCUT2D eigenvalue weighted by atomic mass is 32.1. The number of hydrogen-bond donors (Lipinski definition) is 2. The van der Waals surface area contributed by atoms with Crippen LogP contribution in [0.25, 0.3) is 21.6 Å². The number of rotatable bonds is 3. The molecule has 1 aromatic heterocycles. The molecule has 2 nitrogen and oxygen atoms in total. The molecule has 2 N–H and O–H groups in total. The Balaban J connectivity index is 2.17. The second-order valence-electron chi connectivity index (χ2n) is 4.50. The molecule has 3 aromatic rings. The number of hydrogen-bond acceptors (Lipinski definition) is 3. The van der Waals surface area contributed by atoms with E-state index in [9.17, 15) is 10.0 Å². The standard InChI is InChI=1S/C16H13BO2S/c18-17(19)15-14(12-7-3-1-4-8-12)11-20-16(15)13-9-5-2-6-10-13/h1-11,18-19H. The van der Waals surface area contributed by atoms with Gasteiger partial charge in [-0.3, -0.25) is 0 Å². The molecule has 0 saturated carbocycles. The van der Waals surface area contributed by atoms with E-state index in [0.29, 0.717) is 5.46 Å². The Morgan fingerprint density at radius 2 is 1.30 bits per heavy atom. The van der Waals surface area contributed by atoms with Gasteiger partial charge < -0.3 is 10.0 Å². The average Bonchev–Trinajstić information content (AvgIpc) is 2.94. The molecule has 0 atom stereocenters. The Hall–Kier alpha value is -1.88. The molecule has 0 aliphatic carbocycles. The van der Waals surface area contributed by atoms with E-state index < -0.39 is 7.12 Å². The van der Waals surface area contributed by atoms with Crippen LogP contribution in [0.2, 0.25) is 0 Å². The first-order chi connectivity index (χ1) is 9.77. The lowest BCUT2D eigenvalue weighted by Crippen LogP contribution is -2.31. The molecule has 0 unspecified atom stereocenters. The summed E-state index contributed by atoms with van der Waals surface area (Å²) in [4.78, 5) is 0.902. The van der Waals surface area contributed by atoms with Crippen molar-refractivity contribution in [1.29, 1.82) is 0 Å². The van der Waals surface area contributed by atoms with Gasteiger partial charge in [-0.1, -0.05) is 60.7 Å². The first kappa shape index (κ1) is 13.1. The average molecular weight is 280 g/mol. The second-order valence-corrected chi connectivity index (χ2v) is 5.38. The first-order valence-corrected chi connectivity index (χ1v) is 7.23. The molecule has 0 aliphatic rings. The summed E-state index contributed by atoms with van der Waals surface area (Å²) in [6.45, 7) is 0. The number of benzene rings is 2. The van der Waals surface area contributed by atoms with E-state index in [1.165, 1.54) is 11.3 Å². The predicted octanol–water partition coefficient (Wildman–Crippen LogP) is 2.76. The Kier molecular flexibility index (Phi) is 3.69. The Morgan fingerprint density at radius 3 is 1.85 bits per heavy atom. The summed E-state index contributed by atoms with van der Waals surface area (Å²) in [5.41, 5.74) is 3.45. The zero-order chi connectivity index (χ0) is 13.9. The molecule has 1 heterocycles. The zero-order valence-corrected chi connectivity index (χ0v) is 11.5. The smallest absolute Gasteiger partial charge is 0.423 e. The van der Waals surface area contributed by atoms with E-state index >= 15 is 0 Å². The monoisotopic (exact) mass is 280 g/mol. The van der Waals surface area contributed by atoms with Gasteiger partial charge >= 0.3 is 7.12 Å². The molecule has 0 aliphatic heterocycles. The summed E-state index contributed by atoms with van der Waals surface area (Å²) < 4.78 is 0. The van der Waals surface area contributed by atoms with Gasteiger partial charge in [-0.15, -0.1) is 11.3 Å². The summed E-state index contributed by atoms with van der Waals surface area (Å²) in [6, 6.07) is 19.6. The highest BCUT2D eigenvalue weighted by Crippen LogP contribution is 2.30. The molecule has 0 saturated heterocycles. The highest BCUT2D eigenvalue weighted by Gasteiger charge is 2.24. The van der Waals surface area contributed by atoms with Crippen LogP contribution in [0.3, 0.4) is 0 Å². The van der Waals surface area contributed by atoms with Crippen molar-refractivity contribution < 1.29 is 10.0 Å². The van der Waals surface area contributed by atoms with Crippen molar-refractivity contribution in [2.24, 2.45) is 0 Å². The minimum Gasteiger partial charge on any atom is -0.423 e. The van der Waals surface area contributed by atoms with Gasteiger partial charge in [-0.2, -0.15) is 0 Å². The summed E-state index contributed by atoms with van der Waals surface area (Å²) in [7, 11) is -1.48. The topological polar surface area (TPSA) is 40.5 Å². The highest BCUT2D eigenvalue weighted by molar-refractivity contribution is 7.16. The van der Waals surface area contributed by atoms with Gasteiger partial charge in [0.05, 0.1) is 0 Å². The maximum Gasteiger partial charge on any atom is 0.490 e. The van der Waals surface area contributed by atoms with Crippen LogP contribution < -0.4 is 5.46 Å². The molecular formula is C16H13BO2S. The summed E-state index contributed by atoms with van der Waals surface area (Å²) in [5.74, 6) is 0. The lowest BCUT2D eigenvalue weighted by Gasteiger charge is -2.07. The van der Waals surface area contributed by atoms with Crippen LogP contribution in [0.5, 0.6) is 0 Å². The van der Waals surface area contributed by atoms with Crippen LogP contribution >= 0.6 is 11.3 Å². The van der Waals surface area contributed by atoms with Crippen molar-refractivity contribution in [3.63, 3.8) is 0 Å². The van der Waals surface area contributed by atoms with Gasteiger partial charge in [0.1, 0.15) is 0 Å². The van der Waals surface area contributed by atoms with Gasteiger partial charge in [0.15, 0.2) is 0 Å². The Bertz CT molecular complexity index is 636. The lowest BCUT2D eigenvalue weighted by atomic mass is 9.75. The number of thiophene rings is 1. The first-order valence-electron chi connectivity index (χ1n) is 6.35. The SMILES string of the molecule is OB(O)c1c(-c2ccccc2)csc1-c1ccccc1. The van der Waals surface area contributed by atoms with Crippen LogP contribution in [-0.4, -0.2) is 17.2 Å². The molecule has 0 amide bonds. The third-order valence-electron chi connectivity index (χ3n) is 3.21. The normalized spacial score (nSPS) is 10.5. The molecule has 3 rings (SSSR count). The van der Waals surface area contributed by atoms with E-state index in [4.69, 9.17) is 0 Å². The van der Waals surface area contributed by atoms with Crippen LogP contribution in [-0.2, 0) is 0 Å². The maximum absolute atomic E-state index is 9.76. The van der Waals surface area contributed by atoms with E-state index in [-0.39, 0.29) is 0 Å². The van der Waals surface area contributed by atoms with Gasteiger partial charge in [0, 0.05) is 10.3 Å². The molecule has 0 fully saturated rings. The van der Waals surface area contributed by atoms with E-state index in [0.717, 1.165) is 21.6 Å². The van der Waals surface area contributed by atoms with Gasteiger partial charge in [-0.25, -0.2) is 0 Å². The van der Waals surface area contributed by atoms with E-state index in [1.807, 2.05) is 66.0 Å². The van der Waals surface area contributed by atoms with Gasteiger partial charge in [0.2, 0.25) is 0 Å². The summed E-state index contributed by atoms with van der Waals surface area (Å²) in [6.07, 6.45) is 0. The fourth-order valence-electron chi connectivity index (χ4n) is 2.28. The van der Waals surface area contributed by atoms with E-state index in [2.05, 4.69) is 0 Å². The second kappa shape index (κ2) is 5.63. The molecular weight excluding hydrogens is 267 g/mol. The van der Waals surface area contributed by atoms with Gasteiger partial charge in [-0.05, 0) is 22.1 Å². The molecule has 98 valence electrons. The minimum absolute atomic E-state index is 0.576. The largest absolute Gasteiger partial charge is 0.490 e. The maximum atomic E-state index is 9.76. The van der Waals surface area contributed by atoms with Crippen LogP contribution in [0.15, 0.2) is 66.0 Å². The molecule has 4 heteroatoms. The minimum atomic E-state index is -1.48. The molecule has 20 heavy (non-hydrogen) atoms. The van der Waals surface area contributed by atoms with Crippen LogP contribution in [0.4, 0.5) is 0 Å². The zero-order valence-electron chi connectivity index (χ0n) is 10.7. The van der Waals surface area contributed by atoms with Crippen molar-refractivity contribution in [1.82, 2.24) is 0 Å². The van der Waals surface area contributed by atoms with Gasteiger partial charge in [0.25, 0.3) is 0 Å². The van der Waals surface area contributed by atoms with Crippen LogP contribution in [0, 0.1) is 0 Å². The van der Waals surface area contributed by atoms with Crippen molar-refractivity contribution in [2.45, 2.75) is 0 Å². The van der Waals surface area contributed by atoms with Crippen molar-refractivity contribution >= 4 is 23.9 Å². The lowest BCUT2D eigenvalue weighted by molar-refractivity contribution is 0.426. The summed E-state index contributed by atoms with van der Waals surface area (Å²) in [5, 5.41) is 21.5. The molecule has 0 spiro atoms. The fourth-order valence-corrected chi connectivity index (χ4v) is 3.39. The summed E-state index contributed by atoms with van der Waals surface area (Å²) >= 11 is 1.53. The fraction of sp³-hybridized carbons (Fsp3) is 0. The molecule has 0 bridgehead atoms. The third kappa shape index (κ3) is 2.41. The van der Waals surface area contributed by atoms with Crippen molar-refractivity contribution in [3.05, 3.63) is 66.0 Å². The van der Waals surface area contributed by atoms with Crippen molar-refractivity contribution in [3.8, 4) is 21.6 Å². The van der Waals surface area contributed by atoms with Crippen LogP contribution in [0.1, 0.15) is 0 Å². The third-order valence-corrected chi connectivity index (χ3v) is 4.25. The van der Waals surface area contributed by atoms with E-state index in [1.54, 1.807) is 0 Å². The Morgan fingerprint density at radius 1 is 0.750 bits per heavy atom. The van der Waals surface area contributed by atoms with Crippen molar-refractivity contribution in [2.75, 3.05) is 0 Å². The molecule has 0 radical (unpaired) electrons.